The van der Waals surface area contributed by atoms with Crippen LogP contribution in [0.2, 0.25) is 5.02 Å². The Kier molecular flexibility index (Phi) is 10.1. The third kappa shape index (κ3) is 5.80. The van der Waals surface area contributed by atoms with Gasteiger partial charge in [0.2, 0.25) is 0 Å². The largest absolute Gasteiger partial charge is 1.00 e. The second-order valence-corrected chi connectivity index (χ2v) is 9.51. The van der Waals surface area contributed by atoms with Crippen LogP contribution in [0.15, 0.2) is 34.9 Å². The molecule has 1 aromatic carbocycles. The first kappa shape index (κ1) is 27.0. The molecule has 0 spiro atoms. The van der Waals surface area contributed by atoms with Gasteiger partial charge in [0.15, 0.2) is 5.75 Å². The maximum absolute atomic E-state index is 11.3. The molecule has 3 aliphatic rings. The molecule has 30 heavy (non-hydrogen) atoms. The summed E-state index contributed by atoms with van der Waals surface area (Å²) in [6.07, 6.45) is 9.64. The molecule has 1 saturated carbocycles. The van der Waals surface area contributed by atoms with Crippen LogP contribution >= 0.6 is 19.4 Å². The minimum absolute atomic E-state index is 0. The van der Waals surface area contributed by atoms with E-state index in [4.69, 9.17) is 20.9 Å². The van der Waals surface area contributed by atoms with E-state index >= 15 is 0 Å². The van der Waals surface area contributed by atoms with E-state index in [0.717, 1.165) is 30.6 Å². The normalized spacial score (nSPS) is 24.8. The Labute approximate surface area is 227 Å². The van der Waals surface area contributed by atoms with E-state index < -0.39 is 7.82 Å². The van der Waals surface area contributed by atoms with E-state index in [9.17, 15) is 14.4 Å². The quantitative estimate of drug-likeness (QED) is 0.277. The van der Waals surface area contributed by atoms with Gasteiger partial charge >= 0.3 is 66.9 Å². The molecule has 0 aromatic heterocycles. The number of methoxy groups -OCH3 is 1. The van der Waals surface area contributed by atoms with Gasteiger partial charge in [-0.2, -0.15) is 0 Å². The fourth-order valence-corrected chi connectivity index (χ4v) is 5.89. The van der Waals surface area contributed by atoms with Gasteiger partial charge in [-0.25, -0.2) is 4.57 Å². The Hall–Kier alpha value is 0.740. The molecule has 0 amide bonds. The molecule has 5 nitrogen and oxygen atoms in total. The van der Waals surface area contributed by atoms with Crippen molar-refractivity contribution in [3.63, 3.8) is 0 Å². The molecule has 1 aromatic rings. The van der Waals surface area contributed by atoms with Gasteiger partial charge in [0.05, 0.1) is 12.1 Å². The molecular weight excluding hydrogens is 445 g/mol. The first-order valence-corrected chi connectivity index (χ1v) is 11.8. The van der Waals surface area contributed by atoms with Crippen molar-refractivity contribution in [3.05, 3.63) is 45.5 Å². The molecule has 2 bridgehead atoms. The number of benzene rings is 1. The first-order chi connectivity index (χ1) is 13.4. The Balaban J connectivity index is 0.00000160. The Bertz CT molecular complexity index is 895. The van der Waals surface area contributed by atoms with Crippen LogP contribution in [-0.2, 0) is 9.30 Å². The predicted molar refractivity (Wildman–Crippen MR) is 109 cm³/mol. The number of hydrogen-bond donors (Lipinski definition) is 2. The van der Waals surface area contributed by atoms with Crippen molar-refractivity contribution >= 4 is 25.2 Å². The summed E-state index contributed by atoms with van der Waals surface area (Å²) < 4.78 is 22.0. The number of phosphoric acid groups is 1. The van der Waals surface area contributed by atoms with Gasteiger partial charge in [-0.1, -0.05) is 29.2 Å². The molecule has 2 N–H and O–H groups in total. The van der Waals surface area contributed by atoms with Gasteiger partial charge in [-0.05, 0) is 74.6 Å². The van der Waals surface area contributed by atoms with E-state index in [1.165, 1.54) is 37.7 Å². The molecule has 3 aliphatic carbocycles. The first-order valence-electron chi connectivity index (χ1n) is 9.91. The number of fused-ring (bicyclic) bond motifs is 3. The number of ether oxygens (including phenoxy) is 1. The molecular formula is C21H26ClNa2O5P+2. The van der Waals surface area contributed by atoms with Crippen molar-refractivity contribution in [1.29, 1.82) is 0 Å². The topological polar surface area (TPSA) is 76.0 Å². The maximum Gasteiger partial charge on any atom is 1.00 e. The Morgan fingerprint density at radius 1 is 1.13 bits per heavy atom. The minimum Gasteiger partial charge on any atom is -0.496 e. The zero-order chi connectivity index (χ0) is 19.9. The number of phosphoric ester groups is 1. The standard InChI is InChI=1S/C21H26ClO5P.2Na/c1-26-21(15-9-10-18(22)19(12-15)27-28(23,24)25)20-14-6-4-8-17(20)16-7-3-2-5-13(16)11-14;;/h9-10,12,14,17H,2-8,11H2,1H3,(H2,23,24,25);;/q;2*+1/b21-20+;;. The number of rotatable bonds is 4. The number of halogens is 1. The molecule has 0 aliphatic heterocycles. The summed E-state index contributed by atoms with van der Waals surface area (Å²) in [6.45, 7) is 0. The summed E-state index contributed by atoms with van der Waals surface area (Å²) >= 11 is 6.09. The van der Waals surface area contributed by atoms with Gasteiger partial charge in [-0.15, -0.1) is 0 Å². The Morgan fingerprint density at radius 3 is 2.57 bits per heavy atom. The average Bonchev–Trinajstić information content (AvgIpc) is 2.64. The summed E-state index contributed by atoms with van der Waals surface area (Å²) in [5.74, 6) is 1.69. The SMILES string of the molecule is CO/C(=C1\C2CCCC1C1=C(CCCC1)C2)c1ccc(Cl)c(OP(=O)(O)O)c1.[Na+].[Na+]. The van der Waals surface area contributed by atoms with Crippen LogP contribution in [0.5, 0.6) is 5.75 Å². The van der Waals surface area contributed by atoms with Gasteiger partial charge in [0.1, 0.15) is 5.76 Å². The van der Waals surface area contributed by atoms with Gasteiger partial charge in [0, 0.05) is 11.5 Å². The summed E-state index contributed by atoms with van der Waals surface area (Å²) in [6, 6.07) is 5.01. The molecule has 152 valence electrons. The summed E-state index contributed by atoms with van der Waals surface area (Å²) in [5.41, 5.74) is 5.38. The number of allylic oxidation sites excluding steroid dienone is 3. The van der Waals surface area contributed by atoms with Crippen LogP contribution in [0.4, 0.5) is 0 Å². The van der Waals surface area contributed by atoms with Gasteiger partial charge in [0.25, 0.3) is 0 Å². The van der Waals surface area contributed by atoms with E-state index in [1.807, 2.05) is 6.07 Å². The molecule has 4 rings (SSSR count). The third-order valence-corrected chi connectivity index (χ3v) is 7.03. The van der Waals surface area contributed by atoms with Crippen molar-refractivity contribution in [2.75, 3.05) is 7.11 Å². The van der Waals surface area contributed by atoms with Crippen molar-refractivity contribution in [3.8, 4) is 5.75 Å². The van der Waals surface area contributed by atoms with Crippen LogP contribution in [0.3, 0.4) is 0 Å². The molecule has 2 atom stereocenters. The van der Waals surface area contributed by atoms with Gasteiger partial charge in [-0.3, -0.25) is 9.79 Å². The molecule has 0 radical (unpaired) electrons. The Morgan fingerprint density at radius 2 is 1.87 bits per heavy atom. The summed E-state index contributed by atoms with van der Waals surface area (Å²) in [4.78, 5) is 18.3. The predicted octanol–water partition coefficient (Wildman–Crippen LogP) is -0.132. The van der Waals surface area contributed by atoms with Crippen LogP contribution in [0.1, 0.15) is 56.9 Å². The van der Waals surface area contributed by atoms with Crippen molar-refractivity contribution in [1.82, 2.24) is 0 Å². The maximum atomic E-state index is 11.3. The minimum atomic E-state index is -4.69. The van der Waals surface area contributed by atoms with Crippen molar-refractivity contribution in [2.24, 2.45) is 11.8 Å². The van der Waals surface area contributed by atoms with Crippen LogP contribution < -0.4 is 63.6 Å². The fraction of sp³-hybridized carbons (Fsp3) is 0.524. The fourth-order valence-electron chi connectivity index (χ4n) is 5.27. The number of hydrogen-bond acceptors (Lipinski definition) is 3. The molecule has 0 saturated heterocycles. The van der Waals surface area contributed by atoms with Gasteiger partial charge < -0.3 is 9.26 Å². The average molecular weight is 471 g/mol. The summed E-state index contributed by atoms with van der Waals surface area (Å²) in [7, 11) is -3.02. The van der Waals surface area contributed by atoms with Crippen LogP contribution in [0, 0.1) is 11.8 Å². The van der Waals surface area contributed by atoms with E-state index in [-0.39, 0.29) is 69.9 Å². The van der Waals surface area contributed by atoms with Crippen LogP contribution in [-0.4, -0.2) is 16.9 Å². The van der Waals surface area contributed by atoms with Crippen molar-refractivity contribution in [2.45, 2.75) is 51.4 Å². The van der Waals surface area contributed by atoms with Crippen molar-refractivity contribution < 1.29 is 82.7 Å². The third-order valence-electron chi connectivity index (χ3n) is 6.28. The van der Waals surface area contributed by atoms with E-state index in [0.29, 0.717) is 11.8 Å². The second kappa shape index (κ2) is 11.2. The summed E-state index contributed by atoms with van der Waals surface area (Å²) in [5, 5.41) is 0.161. The molecule has 9 heteroatoms. The zero-order valence-electron chi connectivity index (χ0n) is 18.0. The van der Waals surface area contributed by atoms with Crippen LogP contribution in [0.25, 0.3) is 5.76 Å². The smallest absolute Gasteiger partial charge is 0.496 e. The molecule has 1 fully saturated rings. The molecule has 2 unspecified atom stereocenters. The zero-order valence-corrected chi connectivity index (χ0v) is 23.6. The van der Waals surface area contributed by atoms with E-state index in [1.54, 1.807) is 30.4 Å². The molecule has 0 heterocycles. The van der Waals surface area contributed by atoms with E-state index in [2.05, 4.69) is 0 Å². The monoisotopic (exact) mass is 470 g/mol. The second-order valence-electron chi connectivity index (χ2n) is 7.94.